The van der Waals surface area contributed by atoms with Crippen LogP contribution in [0, 0.1) is 9.85 Å². The minimum absolute atomic E-state index is 0.244. The molecule has 0 radical (unpaired) electrons. The summed E-state index contributed by atoms with van der Waals surface area (Å²) in [6, 6.07) is 5.21. The number of ether oxygens (including phenoxy) is 3. The van der Waals surface area contributed by atoms with Gasteiger partial charge in [-0.15, -0.1) is 0 Å². The second kappa shape index (κ2) is 8.66. The van der Waals surface area contributed by atoms with Crippen LogP contribution in [0.1, 0.15) is 5.56 Å². The van der Waals surface area contributed by atoms with Gasteiger partial charge in [-0.3, -0.25) is 0 Å². The van der Waals surface area contributed by atoms with Crippen LogP contribution in [-0.2, 0) is 26.5 Å². The van der Waals surface area contributed by atoms with Gasteiger partial charge in [0.05, 0.1) is 18.2 Å². The summed E-state index contributed by atoms with van der Waals surface area (Å²) in [7, 11) is 0. The fourth-order valence-electron chi connectivity index (χ4n) is 2.55. The average Bonchev–Trinajstić information content (AvgIpc) is 3.22. The molecule has 3 rings (SSSR count). The number of halogens is 3. The molecule has 9 heteroatoms. The molecule has 1 aliphatic rings. The predicted molar refractivity (Wildman–Crippen MR) is 102 cm³/mol. The van der Waals surface area contributed by atoms with E-state index in [0.717, 1.165) is 0 Å². The molecule has 0 amide bonds. The molecule has 1 saturated heterocycles. The minimum Gasteiger partial charge on any atom is -0.366 e. The van der Waals surface area contributed by atoms with Gasteiger partial charge in [0, 0.05) is 33.2 Å². The summed E-state index contributed by atoms with van der Waals surface area (Å²) in [5.74, 6) is 1.75. The highest BCUT2D eigenvalue weighted by Crippen LogP contribution is 2.40. The summed E-state index contributed by atoms with van der Waals surface area (Å²) in [5.41, 5.74) is 0.684. The zero-order valence-electron chi connectivity index (χ0n) is 13.0. The molecule has 1 aromatic carbocycles. The maximum absolute atomic E-state index is 6.39. The number of aromatic nitrogens is 3. The van der Waals surface area contributed by atoms with Crippen molar-refractivity contribution < 1.29 is 14.2 Å². The smallest absolute Gasteiger partial charge is 0.217 e. The molecule has 0 aliphatic carbocycles. The Morgan fingerprint density at radius 2 is 2.32 bits per heavy atom. The number of hydrogen-bond acceptors (Lipinski definition) is 5. The SMILES string of the molecule is Clc1ccc([C@]2(Cn3cncn3)OC[C@@H](COCC#CI)O2)c(Cl)c1. The van der Waals surface area contributed by atoms with Crippen molar-refractivity contribution in [1.29, 1.82) is 0 Å². The number of benzene rings is 1. The van der Waals surface area contributed by atoms with Gasteiger partial charge >= 0.3 is 0 Å². The standard InChI is InChI=1S/C16H14Cl2IN3O3/c17-12-2-3-14(15(18)6-12)16(9-22-11-20-10-21-22)24-8-13(25-16)7-23-5-1-4-19/h2-3,6,10-11,13H,5,7-9H2/t13-,16-/m1/s1. The van der Waals surface area contributed by atoms with Gasteiger partial charge in [-0.1, -0.05) is 35.2 Å². The van der Waals surface area contributed by atoms with Crippen molar-refractivity contribution in [3.05, 3.63) is 46.5 Å². The normalized spacial score (nSPS) is 22.6. The molecule has 25 heavy (non-hydrogen) atoms. The molecular formula is C16H14Cl2IN3O3. The second-order valence-corrected chi connectivity index (χ2v) is 6.69. The lowest BCUT2D eigenvalue weighted by atomic mass is 10.1. The highest BCUT2D eigenvalue weighted by molar-refractivity contribution is 14.1. The van der Waals surface area contributed by atoms with E-state index in [4.69, 9.17) is 37.4 Å². The van der Waals surface area contributed by atoms with Crippen molar-refractivity contribution >= 4 is 45.8 Å². The van der Waals surface area contributed by atoms with E-state index in [1.54, 1.807) is 29.2 Å². The topological polar surface area (TPSA) is 58.4 Å². The Kier molecular flexibility index (Phi) is 6.55. The van der Waals surface area contributed by atoms with E-state index in [2.05, 4.69) is 19.9 Å². The van der Waals surface area contributed by atoms with Crippen LogP contribution in [0.4, 0.5) is 0 Å². The number of rotatable bonds is 6. The third kappa shape index (κ3) is 4.64. The van der Waals surface area contributed by atoms with Crippen LogP contribution in [0.25, 0.3) is 0 Å². The molecular weight excluding hydrogens is 480 g/mol. The van der Waals surface area contributed by atoms with Crippen LogP contribution in [0.15, 0.2) is 30.9 Å². The lowest BCUT2D eigenvalue weighted by molar-refractivity contribution is -0.192. The zero-order valence-corrected chi connectivity index (χ0v) is 16.7. The van der Waals surface area contributed by atoms with Crippen molar-refractivity contribution in [1.82, 2.24) is 14.8 Å². The summed E-state index contributed by atoms with van der Waals surface area (Å²) in [5, 5.41) is 5.14. The molecule has 0 spiro atoms. The molecule has 1 aromatic heterocycles. The molecule has 0 N–H and O–H groups in total. The molecule has 132 valence electrons. The van der Waals surface area contributed by atoms with Crippen molar-refractivity contribution in [2.24, 2.45) is 0 Å². The van der Waals surface area contributed by atoms with Crippen molar-refractivity contribution in [3.8, 4) is 9.85 Å². The number of nitrogens with zero attached hydrogens (tertiary/aromatic N) is 3. The lowest BCUT2D eigenvalue weighted by Crippen LogP contribution is -2.34. The van der Waals surface area contributed by atoms with Crippen LogP contribution in [0.2, 0.25) is 10.0 Å². The van der Waals surface area contributed by atoms with E-state index in [1.165, 1.54) is 6.33 Å². The van der Waals surface area contributed by atoms with Crippen molar-refractivity contribution in [2.75, 3.05) is 19.8 Å². The van der Waals surface area contributed by atoms with E-state index >= 15 is 0 Å². The average molecular weight is 494 g/mol. The monoisotopic (exact) mass is 493 g/mol. The van der Waals surface area contributed by atoms with E-state index in [0.29, 0.717) is 42.0 Å². The van der Waals surface area contributed by atoms with E-state index in [-0.39, 0.29) is 6.10 Å². The Balaban J connectivity index is 1.82. The fourth-order valence-corrected chi connectivity index (χ4v) is 3.26. The van der Waals surface area contributed by atoms with Crippen LogP contribution in [-0.4, -0.2) is 40.7 Å². The first-order chi connectivity index (χ1) is 12.1. The molecule has 0 unspecified atom stereocenters. The van der Waals surface area contributed by atoms with Gasteiger partial charge in [-0.2, -0.15) is 5.10 Å². The van der Waals surface area contributed by atoms with Crippen LogP contribution in [0.3, 0.4) is 0 Å². The summed E-state index contributed by atoms with van der Waals surface area (Å²) < 4.78 is 22.1. The molecule has 0 saturated carbocycles. The van der Waals surface area contributed by atoms with Crippen molar-refractivity contribution in [3.63, 3.8) is 0 Å². The Morgan fingerprint density at radius 1 is 1.44 bits per heavy atom. The number of hydrogen-bond donors (Lipinski definition) is 0. The lowest BCUT2D eigenvalue weighted by Gasteiger charge is -2.29. The largest absolute Gasteiger partial charge is 0.366 e. The molecule has 2 heterocycles. The second-order valence-electron chi connectivity index (χ2n) is 5.31. The van der Waals surface area contributed by atoms with E-state index in [9.17, 15) is 0 Å². The van der Waals surface area contributed by atoms with Crippen LogP contribution >= 0.6 is 45.8 Å². The quantitative estimate of drug-likeness (QED) is 0.351. The summed E-state index contributed by atoms with van der Waals surface area (Å²) in [6.07, 6.45) is 2.80. The maximum Gasteiger partial charge on any atom is 0.217 e. The molecule has 2 aromatic rings. The fraction of sp³-hybridized carbons (Fsp3) is 0.375. The molecule has 0 bridgehead atoms. The van der Waals surface area contributed by atoms with Gasteiger partial charge in [0.25, 0.3) is 0 Å². The first kappa shape index (κ1) is 18.9. The van der Waals surface area contributed by atoms with Gasteiger partial charge in [0.2, 0.25) is 5.79 Å². The predicted octanol–water partition coefficient (Wildman–Crippen LogP) is 3.27. The van der Waals surface area contributed by atoms with Crippen molar-refractivity contribution in [2.45, 2.75) is 18.4 Å². The first-order valence-corrected chi connectivity index (χ1v) is 9.22. The third-order valence-electron chi connectivity index (χ3n) is 3.58. The maximum atomic E-state index is 6.39. The van der Waals surface area contributed by atoms with E-state index in [1.807, 2.05) is 22.6 Å². The van der Waals surface area contributed by atoms with Gasteiger partial charge in [0.1, 0.15) is 31.9 Å². The Labute approximate surface area is 168 Å². The van der Waals surface area contributed by atoms with Crippen LogP contribution in [0.5, 0.6) is 0 Å². The van der Waals surface area contributed by atoms with Gasteiger partial charge < -0.3 is 14.2 Å². The van der Waals surface area contributed by atoms with E-state index < -0.39 is 5.79 Å². The highest BCUT2D eigenvalue weighted by atomic mass is 127. The van der Waals surface area contributed by atoms with Gasteiger partial charge in [0.15, 0.2) is 0 Å². The molecule has 6 nitrogen and oxygen atoms in total. The Bertz CT molecular complexity index is 779. The Morgan fingerprint density at radius 3 is 3.04 bits per heavy atom. The Hall–Kier alpha value is -0.890. The van der Waals surface area contributed by atoms with Crippen LogP contribution < -0.4 is 0 Å². The molecule has 1 fully saturated rings. The highest BCUT2D eigenvalue weighted by Gasteiger charge is 2.45. The zero-order chi connectivity index (χ0) is 17.7. The molecule has 1 aliphatic heterocycles. The third-order valence-corrected chi connectivity index (χ3v) is 4.51. The first-order valence-electron chi connectivity index (χ1n) is 7.39. The molecule has 2 atom stereocenters. The summed E-state index contributed by atoms with van der Waals surface area (Å²) in [6.45, 7) is 1.39. The van der Waals surface area contributed by atoms with Gasteiger partial charge in [-0.05, 0) is 16.1 Å². The minimum atomic E-state index is -1.08. The van der Waals surface area contributed by atoms with Gasteiger partial charge in [-0.25, -0.2) is 9.67 Å². The summed E-state index contributed by atoms with van der Waals surface area (Å²) >= 11 is 14.4. The summed E-state index contributed by atoms with van der Waals surface area (Å²) in [4.78, 5) is 3.96.